The van der Waals surface area contributed by atoms with Crippen LogP contribution in [0.25, 0.3) is 11.0 Å². The van der Waals surface area contributed by atoms with Gasteiger partial charge in [-0.05, 0) is 63.3 Å². The maximum Gasteiger partial charge on any atom is 0.247 e. The zero-order valence-electron chi connectivity index (χ0n) is 20.2. The SMILES string of the molecule is COCC1CCCN1C(=O)CN1CCCCC(N=C(NC#N)Nc2ccc3oc(C)cc3c2)C1=O. The van der Waals surface area contributed by atoms with Gasteiger partial charge in [-0.25, -0.2) is 4.99 Å². The summed E-state index contributed by atoms with van der Waals surface area (Å²) in [5.41, 5.74) is 1.48. The molecule has 3 heterocycles. The molecule has 2 amide bonds. The van der Waals surface area contributed by atoms with Crippen molar-refractivity contribution in [3.05, 3.63) is 30.0 Å². The predicted octanol–water partition coefficient (Wildman–Crippen LogP) is 2.60. The maximum absolute atomic E-state index is 13.3. The first-order valence-electron chi connectivity index (χ1n) is 12.1. The molecule has 2 N–H and O–H groups in total. The van der Waals surface area contributed by atoms with Gasteiger partial charge in [0.05, 0.1) is 19.2 Å². The maximum atomic E-state index is 13.3. The number of amides is 2. The van der Waals surface area contributed by atoms with Crippen LogP contribution >= 0.6 is 0 Å². The van der Waals surface area contributed by atoms with E-state index in [-0.39, 0.29) is 30.4 Å². The first kappa shape index (κ1) is 24.5. The molecule has 2 aliphatic heterocycles. The number of nitrogens with zero attached hydrogens (tertiary/aromatic N) is 4. The molecule has 35 heavy (non-hydrogen) atoms. The molecule has 2 saturated heterocycles. The molecule has 2 atom stereocenters. The van der Waals surface area contributed by atoms with Gasteiger partial charge in [-0.2, -0.15) is 5.26 Å². The Labute approximate surface area is 204 Å². The highest BCUT2D eigenvalue weighted by Crippen LogP contribution is 2.23. The van der Waals surface area contributed by atoms with Crippen LogP contribution in [0.2, 0.25) is 0 Å². The molecule has 2 aliphatic rings. The number of ether oxygens (including phenoxy) is 1. The summed E-state index contributed by atoms with van der Waals surface area (Å²) in [5.74, 6) is 0.749. The molecule has 0 spiro atoms. The number of aryl methyl sites for hydroxylation is 1. The fraction of sp³-hybridized carbons (Fsp3) is 0.520. The van der Waals surface area contributed by atoms with E-state index < -0.39 is 6.04 Å². The number of likely N-dealkylation sites (tertiary alicyclic amines) is 2. The van der Waals surface area contributed by atoms with Crippen LogP contribution in [0.15, 0.2) is 33.7 Å². The van der Waals surface area contributed by atoms with E-state index in [2.05, 4.69) is 15.6 Å². The van der Waals surface area contributed by atoms with E-state index in [0.29, 0.717) is 31.8 Å². The number of anilines is 1. The van der Waals surface area contributed by atoms with E-state index in [0.717, 1.165) is 42.4 Å². The first-order valence-corrected chi connectivity index (χ1v) is 12.1. The summed E-state index contributed by atoms with van der Waals surface area (Å²) in [6.45, 7) is 3.63. The van der Waals surface area contributed by atoms with Crippen LogP contribution in [0.3, 0.4) is 0 Å². The Balaban J connectivity index is 1.47. The van der Waals surface area contributed by atoms with Crippen LogP contribution in [-0.4, -0.2) is 73.0 Å². The Bertz CT molecular complexity index is 1140. The molecule has 1 aromatic heterocycles. The zero-order valence-corrected chi connectivity index (χ0v) is 20.2. The largest absolute Gasteiger partial charge is 0.461 e. The summed E-state index contributed by atoms with van der Waals surface area (Å²) in [6, 6.07) is 6.88. The van der Waals surface area contributed by atoms with Crippen molar-refractivity contribution >= 4 is 34.4 Å². The van der Waals surface area contributed by atoms with Gasteiger partial charge in [0.15, 0.2) is 6.19 Å². The second-order valence-corrected chi connectivity index (χ2v) is 9.06. The van der Waals surface area contributed by atoms with Crippen molar-refractivity contribution in [3.8, 4) is 6.19 Å². The number of carbonyl (C=O) groups excluding carboxylic acids is 2. The van der Waals surface area contributed by atoms with Gasteiger partial charge in [0.1, 0.15) is 17.4 Å². The Morgan fingerprint density at radius 1 is 1.26 bits per heavy atom. The molecule has 10 heteroatoms. The number of aliphatic imine (C=N–C) groups is 1. The molecule has 186 valence electrons. The van der Waals surface area contributed by atoms with E-state index >= 15 is 0 Å². The summed E-state index contributed by atoms with van der Waals surface area (Å²) in [5, 5.41) is 15.8. The number of furan rings is 1. The van der Waals surface area contributed by atoms with Gasteiger partial charge in [-0.1, -0.05) is 0 Å². The molecule has 10 nitrogen and oxygen atoms in total. The number of fused-ring (bicyclic) bond motifs is 1. The number of methoxy groups -OCH3 is 1. The summed E-state index contributed by atoms with van der Waals surface area (Å²) in [7, 11) is 1.64. The lowest BCUT2D eigenvalue weighted by molar-refractivity contribution is -0.141. The summed E-state index contributed by atoms with van der Waals surface area (Å²) in [4.78, 5) is 34.3. The molecule has 2 fully saturated rings. The Morgan fingerprint density at radius 2 is 2.11 bits per heavy atom. The molecule has 2 aromatic rings. The number of rotatable bonds is 6. The van der Waals surface area contributed by atoms with Crippen LogP contribution in [0.4, 0.5) is 5.69 Å². The number of guanidine groups is 1. The minimum Gasteiger partial charge on any atom is -0.461 e. The lowest BCUT2D eigenvalue weighted by Gasteiger charge is -2.28. The van der Waals surface area contributed by atoms with Gasteiger partial charge in [-0.15, -0.1) is 0 Å². The summed E-state index contributed by atoms with van der Waals surface area (Å²) in [6.07, 6.45) is 5.91. The fourth-order valence-electron chi connectivity index (χ4n) is 4.84. The molecule has 0 aliphatic carbocycles. The highest BCUT2D eigenvalue weighted by molar-refractivity contribution is 5.98. The van der Waals surface area contributed by atoms with Gasteiger partial charge in [0.25, 0.3) is 0 Å². The van der Waals surface area contributed by atoms with Crippen molar-refractivity contribution in [2.75, 3.05) is 38.7 Å². The van der Waals surface area contributed by atoms with Gasteiger partial charge in [-0.3, -0.25) is 14.9 Å². The number of nitrogens with one attached hydrogen (secondary N) is 2. The van der Waals surface area contributed by atoms with Crippen LogP contribution in [0.5, 0.6) is 0 Å². The molecule has 2 unspecified atom stereocenters. The second-order valence-electron chi connectivity index (χ2n) is 9.06. The molecule has 1 aromatic carbocycles. The highest BCUT2D eigenvalue weighted by atomic mass is 16.5. The fourth-order valence-corrected chi connectivity index (χ4v) is 4.84. The zero-order chi connectivity index (χ0) is 24.8. The van der Waals surface area contributed by atoms with Crippen molar-refractivity contribution in [3.63, 3.8) is 0 Å². The quantitative estimate of drug-likeness (QED) is 0.282. The first-order chi connectivity index (χ1) is 17.0. The van der Waals surface area contributed by atoms with Crippen LogP contribution in [0.1, 0.15) is 37.9 Å². The summed E-state index contributed by atoms with van der Waals surface area (Å²) < 4.78 is 10.9. The molecular weight excluding hydrogens is 448 g/mol. The van der Waals surface area contributed by atoms with Crippen molar-refractivity contribution in [2.45, 2.75) is 51.1 Å². The van der Waals surface area contributed by atoms with Gasteiger partial charge in [0.2, 0.25) is 17.8 Å². The smallest absolute Gasteiger partial charge is 0.247 e. The van der Waals surface area contributed by atoms with Gasteiger partial charge in [0, 0.05) is 31.3 Å². The number of carbonyl (C=O) groups is 2. The van der Waals surface area contributed by atoms with E-state index in [9.17, 15) is 14.9 Å². The topological polar surface area (TPSA) is 123 Å². The van der Waals surface area contributed by atoms with Gasteiger partial charge >= 0.3 is 0 Å². The predicted molar refractivity (Wildman–Crippen MR) is 132 cm³/mol. The summed E-state index contributed by atoms with van der Waals surface area (Å²) >= 11 is 0. The van der Waals surface area contributed by atoms with Crippen molar-refractivity contribution in [1.82, 2.24) is 15.1 Å². The Hall–Kier alpha value is -3.58. The lowest BCUT2D eigenvalue weighted by atomic mass is 10.1. The third-order valence-corrected chi connectivity index (χ3v) is 6.50. The lowest BCUT2D eigenvalue weighted by Crippen LogP contribution is -2.47. The number of hydrogen-bond donors (Lipinski definition) is 2. The van der Waals surface area contributed by atoms with E-state index in [4.69, 9.17) is 9.15 Å². The van der Waals surface area contributed by atoms with Crippen molar-refractivity contribution in [2.24, 2.45) is 4.99 Å². The van der Waals surface area contributed by atoms with E-state index in [1.54, 1.807) is 12.0 Å². The number of benzene rings is 1. The molecule has 0 radical (unpaired) electrons. The molecule has 4 rings (SSSR count). The minimum absolute atomic E-state index is 0.0377. The average Bonchev–Trinajstić information content (AvgIpc) is 3.40. The van der Waals surface area contributed by atoms with E-state index in [1.165, 1.54) is 0 Å². The highest BCUT2D eigenvalue weighted by Gasteiger charge is 2.33. The Morgan fingerprint density at radius 3 is 2.91 bits per heavy atom. The molecular formula is C25H32N6O4. The molecule has 0 bridgehead atoms. The van der Waals surface area contributed by atoms with Gasteiger partial charge < -0.3 is 24.3 Å². The normalized spacial score (nSPS) is 21.2. The van der Waals surface area contributed by atoms with Crippen molar-refractivity contribution < 1.29 is 18.7 Å². The number of hydrogen-bond acceptors (Lipinski definition) is 6. The second kappa shape index (κ2) is 11.2. The third kappa shape index (κ3) is 5.92. The number of nitriles is 1. The monoisotopic (exact) mass is 480 g/mol. The minimum atomic E-state index is -0.679. The van der Waals surface area contributed by atoms with Crippen LogP contribution < -0.4 is 10.6 Å². The standard InChI is InChI=1S/C25H32N6O4/c1-17-12-18-13-19(8-9-22(18)35-17)28-25(27-16-26)29-21-7-3-4-10-30(24(21)33)14-23(32)31-11-5-6-20(31)15-34-2/h8-9,12-13,20-21H,3-7,10-11,14-15H2,1-2H3,(H2,27,28,29). The third-order valence-electron chi connectivity index (χ3n) is 6.50. The van der Waals surface area contributed by atoms with Crippen molar-refractivity contribution in [1.29, 1.82) is 5.26 Å². The van der Waals surface area contributed by atoms with E-state index in [1.807, 2.05) is 42.3 Å². The average molecular weight is 481 g/mol. The molecule has 0 saturated carbocycles. The van der Waals surface area contributed by atoms with Crippen LogP contribution in [0, 0.1) is 18.4 Å². The van der Waals surface area contributed by atoms with Crippen LogP contribution in [-0.2, 0) is 14.3 Å². The Kier molecular flexibility index (Phi) is 7.87.